The number of aliphatic carboxylic acids is 1. The molecule has 0 atom stereocenters. The maximum atomic E-state index is 9.00. The Balaban J connectivity index is 0. The minimum Gasteiger partial charge on any atom is -0.481 e. The van der Waals surface area contributed by atoms with Crippen molar-refractivity contribution < 1.29 is 27.6 Å². The van der Waals surface area contributed by atoms with Crippen molar-refractivity contribution in [1.82, 2.24) is 0 Å². The molecule has 0 aliphatic carbocycles. The highest BCUT2D eigenvalue weighted by atomic mass is 28.4. The minimum absolute atomic E-state index is 0.548. The van der Waals surface area contributed by atoms with Gasteiger partial charge in [0.25, 0.3) is 5.97 Å². The molecule has 0 spiro atoms. The van der Waals surface area contributed by atoms with E-state index in [0.29, 0.717) is 26.4 Å². The van der Waals surface area contributed by atoms with Gasteiger partial charge in [0.2, 0.25) is 0 Å². The van der Waals surface area contributed by atoms with Crippen molar-refractivity contribution in [3.05, 3.63) is 0 Å². The average molecular weight is 268 g/mol. The van der Waals surface area contributed by atoms with E-state index in [9.17, 15) is 0 Å². The molecule has 0 aliphatic rings. The van der Waals surface area contributed by atoms with Crippen molar-refractivity contribution in [2.45, 2.75) is 34.6 Å². The maximum Gasteiger partial charge on any atom is 0.679 e. The van der Waals surface area contributed by atoms with Gasteiger partial charge in [-0.25, -0.2) is 0 Å². The normalized spacial score (nSPS) is 10.6. The summed E-state index contributed by atoms with van der Waals surface area (Å²) >= 11 is 0. The molecule has 0 aliphatic heterocycles. The lowest BCUT2D eigenvalue weighted by molar-refractivity contribution is -0.134. The molecule has 0 saturated carbocycles. The van der Waals surface area contributed by atoms with Crippen molar-refractivity contribution >= 4 is 15.0 Å². The number of carboxylic acid groups (broad SMARTS) is 1. The molecular formula is C10H24O6Si. The lowest BCUT2D eigenvalue weighted by Gasteiger charge is -2.26. The third kappa shape index (κ3) is 11.8. The van der Waals surface area contributed by atoms with Gasteiger partial charge >= 0.3 is 9.05 Å². The Morgan fingerprint density at radius 3 is 1.18 bits per heavy atom. The van der Waals surface area contributed by atoms with Crippen LogP contribution in [0.1, 0.15) is 34.6 Å². The second-order valence-corrected chi connectivity index (χ2v) is 4.91. The van der Waals surface area contributed by atoms with Gasteiger partial charge in [-0.1, -0.05) is 0 Å². The van der Waals surface area contributed by atoms with Gasteiger partial charge in [-0.3, -0.25) is 4.79 Å². The van der Waals surface area contributed by atoms with Crippen LogP contribution in [0.15, 0.2) is 0 Å². The Morgan fingerprint density at radius 2 is 1.06 bits per heavy atom. The van der Waals surface area contributed by atoms with Gasteiger partial charge in [-0.05, 0) is 27.7 Å². The van der Waals surface area contributed by atoms with Gasteiger partial charge in [0.05, 0.1) is 0 Å². The second-order valence-electron chi connectivity index (χ2n) is 2.75. The van der Waals surface area contributed by atoms with Gasteiger partial charge in [0.1, 0.15) is 0 Å². The SMILES string of the molecule is CC(=O)O.CCO[Si](OCC)(OCC)OCC. The van der Waals surface area contributed by atoms with Gasteiger partial charge in [-0.15, -0.1) is 0 Å². The Bertz CT molecular complexity index is 154. The summed E-state index contributed by atoms with van der Waals surface area (Å²) in [5.74, 6) is -0.833. The second kappa shape index (κ2) is 12.0. The molecule has 17 heavy (non-hydrogen) atoms. The largest absolute Gasteiger partial charge is 0.679 e. The van der Waals surface area contributed by atoms with E-state index in [2.05, 4.69) is 0 Å². The first-order valence-electron chi connectivity index (χ1n) is 5.73. The zero-order chi connectivity index (χ0) is 13.7. The van der Waals surface area contributed by atoms with E-state index in [1.54, 1.807) is 0 Å². The zero-order valence-electron chi connectivity index (χ0n) is 11.3. The lowest BCUT2D eigenvalue weighted by Crippen LogP contribution is -2.49. The number of hydrogen-bond acceptors (Lipinski definition) is 5. The average Bonchev–Trinajstić information content (AvgIpc) is 2.18. The Morgan fingerprint density at radius 1 is 0.882 bits per heavy atom. The molecule has 0 fully saturated rings. The molecule has 0 aromatic carbocycles. The summed E-state index contributed by atoms with van der Waals surface area (Å²) in [6.45, 7) is 10.9. The van der Waals surface area contributed by atoms with E-state index in [1.807, 2.05) is 27.7 Å². The molecule has 0 aromatic rings. The highest BCUT2D eigenvalue weighted by Crippen LogP contribution is 2.11. The van der Waals surface area contributed by atoms with E-state index in [1.165, 1.54) is 0 Å². The molecule has 0 radical (unpaired) electrons. The monoisotopic (exact) mass is 268 g/mol. The highest BCUT2D eigenvalue weighted by Gasteiger charge is 2.44. The molecule has 0 saturated heterocycles. The molecule has 1 N–H and O–H groups in total. The van der Waals surface area contributed by atoms with Gasteiger partial charge in [0.15, 0.2) is 0 Å². The molecule has 0 heterocycles. The summed E-state index contributed by atoms with van der Waals surface area (Å²) < 4.78 is 21.7. The molecule has 0 amide bonds. The summed E-state index contributed by atoms with van der Waals surface area (Å²) in [5.41, 5.74) is 0. The molecule has 7 heteroatoms. The number of hydrogen-bond donors (Lipinski definition) is 1. The summed E-state index contributed by atoms with van der Waals surface area (Å²) in [7, 11) is -2.80. The molecule has 0 aromatic heterocycles. The van der Waals surface area contributed by atoms with Crippen LogP contribution >= 0.6 is 0 Å². The van der Waals surface area contributed by atoms with Crippen molar-refractivity contribution in [3.63, 3.8) is 0 Å². The summed E-state index contributed by atoms with van der Waals surface area (Å²) in [4.78, 5) is 9.00. The van der Waals surface area contributed by atoms with E-state index in [4.69, 9.17) is 27.6 Å². The van der Waals surface area contributed by atoms with Crippen molar-refractivity contribution in [1.29, 1.82) is 0 Å². The van der Waals surface area contributed by atoms with Crippen LogP contribution in [-0.4, -0.2) is 46.6 Å². The Labute approximate surface area is 104 Å². The number of carboxylic acids is 1. The zero-order valence-corrected chi connectivity index (χ0v) is 12.3. The topological polar surface area (TPSA) is 74.2 Å². The van der Waals surface area contributed by atoms with Crippen molar-refractivity contribution in [2.24, 2.45) is 0 Å². The predicted molar refractivity (Wildman–Crippen MR) is 65.6 cm³/mol. The summed E-state index contributed by atoms with van der Waals surface area (Å²) in [5, 5.41) is 7.42. The number of carbonyl (C=O) groups is 1. The van der Waals surface area contributed by atoms with Crippen molar-refractivity contribution in [2.75, 3.05) is 26.4 Å². The molecule has 0 unspecified atom stereocenters. The van der Waals surface area contributed by atoms with Crippen LogP contribution in [0.4, 0.5) is 0 Å². The first-order valence-corrected chi connectivity index (χ1v) is 7.36. The fourth-order valence-corrected chi connectivity index (χ4v) is 2.87. The maximum absolute atomic E-state index is 9.00. The fraction of sp³-hybridized carbons (Fsp3) is 0.900. The molecular weight excluding hydrogens is 244 g/mol. The van der Waals surface area contributed by atoms with Crippen LogP contribution < -0.4 is 0 Å². The van der Waals surface area contributed by atoms with Crippen LogP contribution in [0, 0.1) is 0 Å². The smallest absolute Gasteiger partial charge is 0.481 e. The van der Waals surface area contributed by atoms with Gasteiger partial charge in [0, 0.05) is 33.4 Å². The number of rotatable bonds is 8. The highest BCUT2D eigenvalue weighted by molar-refractivity contribution is 6.53. The summed E-state index contributed by atoms with van der Waals surface area (Å²) in [6, 6.07) is 0. The summed E-state index contributed by atoms with van der Waals surface area (Å²) in [6.07, 6.45) is 0. The van der Waals surface area contributed by atoms with Crippen LogP contribution in [0.3, 0.4) is 0 Å². The Hall–Kier alpha value is -0.473. The molecule has 0 rings (SSSR count). The van der Waals surface area contributed by atoms with E-state index in [-0.39, 0.29) is 0 Å². The van der Waals surface area contributed by atoms with Crippen LogP contribution in [0.25, 0.3) is 0 Å². The first kappa shape index (κ1) is 18.9. The fourth-order valence-electron chi connectivity index (χ4n) is 0.957. The van der Waals surface area contributed by atoms with E-state index >= 15 is 0 Å². The molecule has 104 valence electrons. The lowest BCUT2D eigenvalue weighted by atomic mass is 10.9. The van der Waals surface area contributed by atoms with E-state index < -0.39 is 15.0 Å². The van der Waals surface area contributed by atoms with Crippen LogP contribution in [0.2, 0.25) is 0 Å². The standard InChI is InChI=1S/C8H20O4Si.C2H4O2/c1-5-9-13(10-6-2,11-7-3)12-8-4;1-2(3)4/h5-8H2,1-4H3;1H3,(H,3,4). The predicted octanol–water partition coefficient (Wildman–Crippen LogP) is 1.66. The Kier molecular flexibility index (Phi) is 13.3. The van der Waals surface area contributed by atoms with Crippen molar-refractivity contribution in [3.8, 4) is 0 Å². The minimum atomic E-state index is -2.80. The third-order valence-corrected chi connectivity index (χ3v) is 3.85. The van der Waals surface area contributed by atoms with E-state index in [0.717, 1.165) is 6.92 Å². The molecule has 0 bridgehead atoms. The third-order valence-electron chi connectivity index (χ3n) is 1.28. The van der Waals surface area contributed by atoms with Crippen LogP contribution in [-0.2, 0) is 22.5 Å². The van der Waals surface area contributed by atoms with Gasteiger partial charge < -0.3 is 22.8 Å². The van der Waals surface area contributed by atoms with Gasteiger partial charge in [-0.2, -0.15) is 0 Å². The quantitative estimate of drug-likeness (QED) is 0.675. The molecule has 6 nitrogen and oxygen atoms in total. The van der Waals surface area contributed by atoms with Crippen LogP contribution in [0.5, 0.6) is 0 Å². The first-order chi connectivity index (χ1) is 7.97.